The quantitative estimate of drug-likeness (QED) is 0.199. The van der Waals surface area contributed by atoms with Crippen molar-refractivity contribution in [3.8, 4) is 11.5 Å². The van der Waals surface area contributed by atoms with E-state index >= 15 is 0 Å². The molecular weight excluding hydrogens is 490 g/mol. The van der Waals surface area contributed by atoms with E-state index in [0.29, 0.717) is 17.2 Å². The van der Waals surface area contributed by atoms with Crippen LogP contribution >= 0.6 is 0 Å². The Labute approximate surface area is 225 Å². The predicted octanol–water partition coefficient (Wildman–Crippen LogP) is 5.68. The van der Waals surface area contributed by atoms with Crippen LogP contribution < -0.4 is 14.4 Å². The van der Waals surface area contributed by atoms with Crippen LogP contribution in [0.1, 0.15) is 22.6 Å². The van der Waals surface area contributed by atoms with Crippen molar-refractivity contribution in [2.24, 2.45) is 17.8 Å². The topological polar surface area (TPSA) is 72.9 Å². The van der Waals surface area contributed by atoms with Crippen molar-refractivity contribution in [1.29, 1.82) is 0 Å². The summed E-state index contributed by atoms with van der Waals surface area (Å²) in [6, 6.07) is 26.7. The summed E-state index contributed by atoms with van der Waals surface area (Å²) in [5.41, 5.74) is 3.88. The fraction of sp³-hybridized carbons (Fsp3) is 0.182. The first-order chi connectivity index (χ1) is 18.9. The van der Waals surface area contributed by atoms with E-state index in [4.69, 9.17) is 9.47 Å². The second kappa shape index (κ2) is 8.67. The number of allylic oxidation sites excluding steroid dienone is 1. The highest BCUT2D eigenvalue weighted by Gasteiger charge is 2.60. The Morgan fingerprint density at radius 2 is 1.54 bits per heavy atom. The maximum absolute atomic E-state index is 14.2. The van der Waals surface area contributed by atoms with Crippen LogP contribution in [0.25, 0.3) is 16.3 Å². The van der Waals surface area contributed by atoms with Gasteiger partial charge < -0.3 is 9.47 Å². The summed E-state index contributed by atoms with van der Waals surface area (Å²) in [6.07, 6.45) is 2.00. The first-order valence-corrected chi connectivity index (χ1v) is 13.0. The number of carbonyl (C=O) groups is 3. The van der Waals surface area contributed by atoms with Crippen LogP contribution in [0.3, 0.4) is 0 Å². The van der Waals surface area contributed by atoms with Gasteiger partial charge in [0.15, 0.2) is 0 Å². The summed E-state index contributed by atoms with van der Waals surface area (Å²) in [7, 11) is 1.60. The molecule has 2 heterocycles. The van der Waals surface area contributed by atoms with Crippen LogP contribution in [0.5, 0.6) is 11.5 Å². The molecule has 0 spiro atoms. The molecule has 7 rings (SSSR count). The molecule has 0 N–H and O–H groups in total. The fourth-order valence-electron chi connectivity index (χ4n) is 6.39. The Morgan fingerprint density at radius 1 is 0.795 bits per heavy atom. The summed E-state index contributed by atoms with van der Waals surface area (Å²) in [6.45, 7) is 1.94. The number of aryl methyl sites for hydroxylation is 1. The van der Waals surface area contributed by atoms with Crippen molar-refractivity contribution in [2.45, 2.75) is 12.8 Å². The third-order valence-corrected chi connectivity index (χ3v) is 8.24. The Balaban J connectivity index is 1.40. The number of hydrogen-bond acceptors (Lipinski definition) is 5. The number of benzene rings is 4. The summed E-state index contributed by atoms with van der Waals surface area (Å²) < 4.78 is 11.1. The largest absolute Gasteiger partial charge is 0.497 e. The number of fused-ring (bicyclic) bond motifs is 6. The molecule has 1 fully saturated rings. The van der Waals surface area contributed by atoms with Gasteiger partial charge in [0.25, 0.3) is 0 Å². The third kappa shape index (κ3) is 3.52. The van der Waals surface area contributed by atoms with Crippen LogP contribution in [0.4, 0.5) is 5.69 Å². The number of nitrogens with zero attached hydrogens (tertiary/aromatic N) is 1. The molecule has 2 aliphatic heterocycles. The van der Waals surface area contributed by atoms with Crippen molar-refractivity contribution >= 4 is 39.8 Å². The van der Waals surface area contributed by atoms with E-state index in [-0.39, 0.29) is 11.8 Å². The lowest BCUT2D eigenvalue weighted by Crippen LogP contribution is -2.42. The highest BCUT2D eigenvalue weighted by atomic mass is 16.5. The van der Waals surface area contributed by atoms with Gasteiger partial charge in [-0.15, -0.1) is 0 Å². The van der Waals surface area contributed by atoms with Gasteiger partial charge in [-0.3, -0.25) is 14.4 Å². The van der Waals surface area contributed by atoms with Crippen LogP contribution in [0, 0.1) is 24.7 Å². The molecule has 0 unspecified atom stereocenters. The number of methoxy groups -OCH3 is 1. The molecule has 0 aromatic heterocycles. The summed E-state index contributed by atoms with van der Waals surface area (Å²) in [5.74, 6) is -2.88. The molecule has 0 radical (unpaired) electrons. The number of carbonyl (C=O) groups excluding carboxylic acids is 3. The molecule has 4 aromatic carbocycles. The van der Waals surface area contributed by atoms with Crippen LogP contribution in [-0.4, -0.2) is 24.9 Å². The summed E-state index contributed by atoms with van der Waals surface area (Å²) in [4.78, 5) is 43.1. The third-order valence-electron chi connectivity index (χ3n) is 8.24. The number of esters is 1. The molecule has 6 heteroatoms. The molecule has 1 saturated heterocycles. The van der Waals surface area contributed by atoms with Crippen LogP contribution in [-0.2, 0) is 14.4 Å². The van der Waals surface area contributed by atoms with E-state index in [0.717, 1.165) is 33.0 Å². The first kappa shape index (κ1) is 23.4. The lowest BCUT2D eigenvalue weighted by atomic mass is 9.64. The Bertz CT molecular complexity index is 1720. The van der Waals surface area contributed by atoms with Crippen molar-refractivity contribution in [3.05, 3.63) is 108 Å². The molecule has 6 nitrogen and oxygen atoms in total. The van der Waals surface area contributed by atoms with E-state index in [2.05, 4.69) is 0 Å². The number of anilines is 1. The summed E-state index contributed by atoms with van der Waals surface area (Å²) >= 11 is 0. The molecule has 0 saturated carbocycles. The zero-order valence-corrected chi connectivity index (χ0v) is 21.5. The minimum absolute atomic E-state index is 0.307. The predicted molar refractivity (Wildman–Crippen MR) is 147 cm³/mol. The Kier molecular flexibility index (Phi) is 5.20. The van der Waals surface area contributed by atoms with Gasteiger partial charge in [-0.25, -0.2) is 4.90 Å². The lowest BCUT2D eigenvalue weighted by molar-refractivity contribution is -0.142. The zero-order chi connectivity index (χ0) is 26.8. The van der Waals surface area contributed by atoms with E-state index < -0.39 is 29.6 Å². The molecule has 0 bridgehead atoms. The van der Waals surface area contributed by atoms with Gasteiger partial charge in [-0.1, -0.05) is 60.7 Å². The minimum Gasteiger partial charge on any atom is -0.497 e. The monoisotopic (exact) mass is 515 g/mol. The highest BCUT2D eigenvalue weighted by molar-refractivity contribution is 6.25. The number of hydrogen-bond donors (Lipinski definition) is 0. The Hall–Kier alpha value is -4.71. The molecule has 4 atom stereocenters. The molecule has 4 aromatic rings. The number of ether oxygens (including phenoxy) is 2. The minimum atomic E-state index is -0.877. The number of amides is 2. The average Bonchev–Trinajstić information content (AvgIpc) is 3.22. The molecule has 2 amide bonds. The molecule has 3 aliphatic rings. The van der Waals surface area contributed by atoms with Gasteiger partial charge in [0, 0.05) is 11.5 Å². The highest BCUT2D eigenvalue weighted by Crippen LogP contribution is 2.54. The van der Waals surface area contributed by atoms with Gasteiger partial charge >= 0.3 is 5.97 Å². The second-order valence-corrected chi connectivity index (χ2v) is 10.4. The lowest BCUT2D eigenvalue weighted by Gasteiger charge is -2.38. The molecule has 1 aliphatic carbocycles. The fourth-order valence-corrected chi connectivity index (χ4v) is 6.39. The van der Waals surface area contributed by atoms with E-state index in [1.807, 2.05) is 91.9 Å². The SMILES string of the molecule is COc1ccc([C@@H]2C=C3c4ccc(C)cc4OC(=O)[C@@H]3[C@H]3C(=O)N(c4ccc5ccccc5c4)C(=O)[C@H]32)cc1. The molecular formula is C33H25NO5. The van der Waals surface area contributed by atoms with Crippen LogP contribution in [0.15, 0.2) is 91.0 Å². The van der Waals surface area contributed by atoms with E-state index in [1.54, 1.807) is 13.2 Å². The van der Waals surface area contributed by atoms with Crippen molar-refractivity contribution < 1.29 is 23.9 Å². The maximum atomic E-state index is 14.2. The van der Waals surface area contributed by atoms with Gasteiger partial charge in [0.05, 0.1) is 30.6 Å². The van der Waals surface area contributed by atoms with Gasteiger partial charge in [0.2, 0.25) is 11.8 Å². The average molecular weight is 516 g/mol. The number of imide groups is 1. The van der Waals surface area contributed by atoms with Gasteiger partial charge in [-0.2, -0.15) is 0 Å². The van der Waals surface area contributed by atoms with Gasteiger partial charge in [-0.05, 0) is 64.7 Å². The van der Waals surface area contributed by atoms with Crippen molar-refractivity contribution in [2.75, 3.05) is 12.0 Å². The normalized spacial score (nSPS) is 23.6. The molecule has 39 heavy (non-hydrogen) atoms. The van der Waals surface area contributed by atoms with Crippen molar-refractivity contribution in [3.63, 3.8) is 0 Å². The number of rotatable bonds is 3. The van der Waals surface area contributed by atoms with Crippen LogP contribution in [0.2, 0.25) is 0 Å². The van der Waals surface area contributed by atoms with Crippen molar-refractivity contribution in [1.82, 2.24) is 0 Å². The van der Waals surface area contributed by atoms with E-state index in [1.165, 1.54) is 4.90 Å². The second-order valence-electron chi connectivity index (χ2n) is 10.4. The summed E-state index contributed by atoms with van der Waals surface area (Å²) in [5, 5.41) is 1.94. The van der Waals surface area contributed by atoms with Gasteiger partial charge in [0.1, 0.15) is 11.5 Å². The maximum Gasteiger partial charge on any atom is 0.319 e. The van der Waals surface area contributed by atoms with E-state index in [9.17, 15) is 14.4 Å². The zero-order valence-electron chi connectivity index (χ0n) is 21.5. The molecule has 192 valence electrons. The first-order valence-electron chi connectivity index (χ1n) is 13.0. The smallest absolute Gasteiger partial charge is 0.319 e. The Morgan fingerprint density at radius 3 is 2.31 bits per heavy atom. The standard InChI is InChI=1S/C33H25NO5/c1-18-7-14-24-26-17-25(20-9-12-23(38-2)13-10-20)28-30(29(26)33(37)39-27(24)15-18)32(36)34(31(28)35)22-11-8-19-5-3-4-6-21(19)16-22/h3-17,25,28-30H,1-2H3/t25-,28-,29-,30-/m0/s1.